The summed E-state index contributed by atoms with van der Waals surface area (Å²) in [7, 11) is 0. The molecule has 20 heavy (non-hydrogen) atoms. The molecule has 2 aromatic carbocycles. The molecule has 0 aliphatic heterocycles. The Balaban J connectivity index is 2.26. The number of nitro groups is 1. The lowest BCUT2D eigenvalue weighted by Crippen LogP contribution is -1.97. The predicted molar refractivity (Wildman–Crippen MR) is 72.2 cm³/mol. The number of ether oxygens (including phenoxy) is 1. The summed E-state index contributed by atoms with van der Waals surface area (Å²) < 4.78 is 5.55. The predicted octanol–water partition coefficient (Wildman–Crippen LogP) is 2.72. The molecule has 0 spiro atoms. The topological polar surface area (TPSA) is 102 Å². The Morgan fingerprint density at radius 1 is 1.25 bits per heavy atom. The highest BCUT2D eigenvalue weighted by Gasteiger charge is 2.08. The highest BCUT2D eigenvalue weighted by Crippen LogP contribution is 2.27. The van der Waals surface area contributed by atoms with E-state index in [2.05, 4.69) is 0 Å². The molecule has 0 amide bonds. The fraction of sp³-hybridized carbons (Fsp3) is 0.0714. The van der Waals surface area contributed by atoms with E-state index in [-0.39, 0.29) is 5.69 Å². The Labute approximate surface area is 115 Å². The summed E-state index contributed by atoms with van der Waals surface area (Å²) >= 11 is 0. The largest absolute Gasteiger partial charge is 0.456 e. The van der Waals surface area contributed by atoms with E-state index in [0.29, 0.717) is 23.6 Å². The van der Waals surface area contributed by atoms with Crippen molar-refractivity contribution >= 4 is 5.69 Å². The number of hydrogen-bond donors (Lipinski definition) is 1. The van der Waals surface area contributed by atoms with Crippen LogP contribution in [0.3, 0.4) is 0 Å². The van der Waals surface area contributed by atoms with Gasteiger partial charge in [0.2, 0.25) is 0 Å². The van der Waals surface area contributed by atoms with Gasteiger partial charge < -0.3 is 10.5 Å². The summed E-state index contributed by atoms with van der Waals surface area (Å²) in [5, 5.41) is 19.6. The molecule has 0 saturated heterocycles. The van der Waals surface area contributed by atoms with Crippen LogP contribution in [0, 0.1) is 21.4 Å². The lowest BCUT2D eigenvalue weighted by atomic mass is 10.1. The average molecular weight is 269 g/mol. The molecule has 0 heterocycles. The zero-order valence-corrected chi connectivity index (χ0v) is 10.4. The zero-order valence-electron chi connectivity index (χ0n) is 10.4. The third-order valence-corrected chi connectivity index (χ3v) is 2.68. The number of benzene rings is 2. The van der Waals surface area contributed by atoms with Gasteiger partial charge in [-0.1, -0.05) is 6.07 Å². The number of nitriles is 1. The first-order valence-electron chi connectivity index (χ1n) is 5.79. The molecular formula is C14H11N3O3. The van der Waals surface area contributed by atoms with Crippen molar-refractivity contribution in [3.63, 3.8) is 0 Å². The fourth-order valence-electron chi connectivity index (χ4n) is 1.64. The maximum absolute atomic E-state index is 10.6. The molecular weight excluding hydrogens is 258 g/mol. The van der Waals surface area contributed by atoms with Crippen LogP contribution in [0.5, 0.6) is 11.5 Å². The monoisotopic (exact) mass is 269 g/mol. The van der Waals surface area contributed by atoms with Crippen LogP contribution in [0.15, 0.2) is 42.5 Å². The third-order valence-electron chi connectivity index (χ3n) is 2.68. The molecule has 0 fully saturated rings. The lowest BCUT2D eigenvalue weighted by molar-refractivity contribution is -0.384. The van der Waals surface area contributed by atoms with E-state index in [4.69, 9.17) is 15.7 Å². The Morgan fingerprint density at radius 3 is 2.50 bits per heavy atom. The van der Waals surface area contributed by atoms with Crippen molar-refractivity contribution in [2.45, 2.75) is 6.54 Å². The second-order valence-corrected chi connectivity index (χ2v) is 4.00. The van der Waals surface area contributed by atoms with Crippen LogP contribution in [0.4, 0.5) is 5.69 Å². The second-order valence-electron chi connectivity index (χ2n) is 4.00. The SMILES string of the molecule is N#Cc1cc(CN)ccc1Oc1ccc([N+](=O)[O-])cc1. The van der Waals surface area contributed by atoms with E-state index >= 15 is 0 Å². The van der Waals surface area contributed by atoms with Crippen LogP contribution in [-0.2, 0) is 6.54 Å². The lowest BCUT2D eigenvalue weighted by Gasteiger charge is -2.08. The van der Waals surface area contributed by atoms with Crippen molar-refractivity contribution in [3.8, 4) is 17.6 Å². The molecule has 2 rings (SSSR count). The summed E-state index contributed by atoms with van der Waals surface area (Å²) in [6, 6.07) is 12.8. The van der Waals surface area contributed by atoms with Crippen molar-refractivity contribution in [1.82, 2.24) is 0 Å². The summed E-state index contributed by atoms with van der Waals surface area (Å²) in [5.41, 5.74) is 6.69. The van der Waals surface area contributed by atoms with Crippen LogP contribution in [-0.4, -0.2) is 4.92 Å². The Kier molecular flexibility index (Phi) is 3.93. The zero-order chi connectivity index (χ0) is 14.5. The summed E-state index contributed by atoms with van der Waals surface area (Å²) in [5.74, 6) is 0.811. The minimum absolute atomic E-state index is 0.0173. The molecule has 6 heteroatoms. The van der Waals surface area contributed by atoms with Gasteiger partial charge in [-0.2, -0.15) is 5.26 Å². The van der Waals surface area contributed by atoms with Crippen molar-refractivity contribution in [1.29, 1.82) is 5.26 Å². The number of rotatable bonds is 4. The third kappa shape index (κ3) is 2.91. The first-order valence-corrected chi connectivity index (χ1v) is 5.79. The smallest absolute Gasteiger partial charge is 0.269 e. The van der Waals surface area contributed by atoms with Crippen LogP contribution in [0.2, 0.25) is 0 Å². The van der Waals surface area contributed by atoms with Crippen LogP contribution < -0.4 is 10.5 Å². The second kappa shape index (κ2) is 5.82. The minimum Gasteiger partial charge on any atom is -0.456 e. The number of nitrogens with zero attached hydrogens (tertiary/aromatic N) is 2. The van der Waals surface area contributed by atoms with Gasteiger partial charge in [-0.25, -0.2) is 0 Å². The molecule has 100 valence electrons. The quantitative estimate of drug-likeness (QED) is 0.679. The Hall–Kier alpha value is -2.91. The summed E-state index contributed by atoms with van der Waals surface area (Å²) in [6.07, 6.45) is 0. The van der Waals surface area contributed by atoms with E-state index in [1.165, 1.54) is 24.3 Å². The summed E-state index contributed by atoms with van der Waals surface area (Å²) in [6.45, 7) is 0.340. The number of hydrogen-bond acceptors (Lipinski definition) is 5. The van der Waals surface area contributed by atoms with E-state index in [1.54, 1.807) is 18.2 Å². The average Bonchev–Trinajstić information content (AvgIpc) is 2.48. The van der Waals surface area contributed by atoms with Gasteiger partial charge in [-0.15, -0.1) is 0 Å². The minimum atomic E-state index is -0.486. The van der Waals surface area contributed by atoms with Crippen LogP contribution in [0.25, 0.3) is 0 Å². The first-order chi connectivity index (χ1) is 9.63. The Bertz CT molecular complexity index is 675. The molecule has 0 atom stereocenters. The van der Waals surface area contributed by atoms with Crippen LogP contribution in [0.1, 0.15) is 11.1 Å². The van der Waals surface area contributed by atoms with Crippen molar-refractivity contribution in [2.75, 3.05) is 0 Å². The first kappa shape index (κ1) is 13.5. The van der Waals surface area contributed by atoms with Gasteiger partial charge in [0.05, 0.1) is 10.5 Å². The summed E-state index contributed by atoms with van der Waals surface area (Å²) in [4.78, 5) is 10.1. The standard InChI is InChI=1S/C14H11N3O3/c15-8-10-1-6-14(11(7-10)9-16)20-13-4-2-12(3-5-13)17(18)19/h1-7H,8,15H2. The fourth-order valence-corrected chi connectivity index (χ4v) is 1.64. The molecule has 0 bridgehead atoms. The molecule has 0 aromatic heterocycles. The van der Waals surface area contributed by atoms with E-state index in [1.807, 2.05) is 6.07 Å². The molecule has 0 aliphatic rings. The molecule has 0 unspecified atom stereocenters. The number of nitrogens with two attached hydrogens (primary N) is 1. The van der Waals surface area contributed by atoms with Gasteiger partial charge in [0.25, 0.3) is 5.69 Å². The maximum atomic E-state index is 10.6. The van der Waals surface area contributed by atoms with Crippen molar-refractivity contribution in [3.05, 3.63) is 63.7 Å². The normalized spacial score (nSPS) is 9.80. The van der Waals surface area contributed by atoms with E-state index in [0.717, 1.165) is 5.56 Å². The highest BCUT2D eigenvalue weighted by molar-refractivity contribution is 5.48. The number of nitro benzene ring substituents is 1. The van der Waals surface area contributed by atoms with Crippen molar-refractivity contribution < 1.29 is 9.66 Å². The maximum Gasteiger partial charge on any atom is 0.269 e. The van der Waals surface area contributed by atoms with Gasteiger partial charge in [-0.05, 0) is 29.8 Å². The molecule has 0 saturated carbocycles. The van der Waals surface area contributed by atoms with Gasteiger partial charge in [0.15, 0.2) is 0 Å². The van der Waals surface area contributed by atoms with E-state index < -0.39 is 4.92 Å². The molecule has 6 nitrogen and oxygen atoms in total. The van der Waals surface area contributed by atoms with Crippen LogP contribution >= 0.6 is 0 Å². The number of non-ortho nitro benzene ring substituents is 1. The molecule has 0 radical (unpaired) electrons. The van der Waals surface area contributed by atoms with Gasteiger partial charge in [0, 0.05) is 18.7 Å². The molecule has 2 N–H and O–H groups in total. The van der Waals surface area contributed by atoms with E-state index in [9.17, 15) is 10.1 Å². The van der Waals surface area contributed by atoms with Gasteiger partial charge >= 0.3 is 0 Å². The Morgan fingerprint density at radius 2 is 1.95 bits per heavy atom. The van der Waals surface area contributed by atoms with Crippen molar-refractivity contribution in [2.24, 2.45) is 5.73 Å². The molecule has 0 aliphatic carbocycles. The van der Waals surface area contributed by atoms with Gasteiger partial charge in [0.1, 0.15) is 17.6 Å². The molecule has 2 aromatic rings. The highest BCUT2D eigenvalue weighted by atomic mass is 16.6. The van der Waals surface area contributed by atoms with Gasteiger partial charge in [-0.3, -0.25) is 10.1 Å².